The Hall–Kier alpha value is -1.69. The van der Waals surface area contributed by atoms with Crippen LogP contribution < -0.4 is 11.1 Å². The van der Waals surface area contributed by atoms with E-state index in [0.717, 1.165) is 12.8 Å². The summed E-state index contributed by atoms with van der Waals surface area (Å²) in [6, 6.07) is 0.178. The Morgan fingerprint density at radius 1 is 1.50 bits per heavy atom. The second-order valence-corrected chi connectivity index (χ2v) is 3.83. The first-order valence-corrected chi connectivity index (χ1v) is 5.10. The SMILES string of the molecule is COC1CC(NC(=O)c2cnc(N)cn2)C1. The van der Waals surface area contributed by atoms with Gasteiger partial charge in [-0.2, -0.15) is 0 Å². The smallest absolute Gasteiger partial charge is 0.271 e. The minimum Gasteiger partial charge on any atom is -0.382 e. The van der Waals surface area contributed by atoms with Crippen LogP contribution in [-0.4, -0.2) is 35.1 Å². The molecule has 1 amide bonds. The molecule has 0 aromatic carbocycles. The Morgan fingerprint density at radius 3 is 2.81 bits per heavy atom. The summed E-state index contributed by atoms with van der Waals surface area (Å²) < 4.78 is 5.12. The first-order chi connectivity index (χ1) is 7.69. The highest BCUT2D eigenvalue weighted by molar-refractivity contribution is 5.92. The lowest BCUT2D eigenvalue weighted by Gasteiger charge is -2.34. The van der Waals surface area contributed by atoms with Gasteiger partial charge in [-0.1, -0.05) is 0 Å². The van der Waals surface area contributed by atoms with Gasteiger partial charge >= 0.3 is 0 Å². The van der Waals surface area contributed by atoms with Gasteiger partial charge in [-0.05, 0) is 12.8 Å². The minimum absolute atomic E-state index is 0.178. The lowest BCUT2D eigenvalue weighted by molar-refractivity contribution is 0.0175. The summed E-state index contributed by atoms with van der Waals surface area (Å²) in [5.74, 6) is 0.0895. The van der Waals surface area contributed by atoms with Crippen LogP contribution in [0.4, 0.5) is 5.82 Å². The van der Waals surface area contributed by atoms with E-state index < -0.39 is 0 Å². The van der Waals surface area contributed by atoms with E-state index in [2.05, 4.69) is 15.3 Å². The number of hydrogen-bond donors (Lipinski definition) is 2. The molecule has 1 fully saturated rings. The van der Waals surface area contributed by atoms with Crippen LogP contribution in [-0.2, 0) is 4.74 Å². The van der Waals surface area contributed by atoms with E-state index in [1.807, 2.05) is 0 Å². The number of amides is 1. The molecule has 0 bridgehead atoms. The van der Waals surface area contributed by atoms with Gasteiger partial charge in [0.2, 0.25) is 0 Å². The van der Waals surface area contributed by atoms with E-state index in [9.17, 15) is 4.79 Å². The maximum atomic E-state index is 11.7. The summed E-state index contributed by atoms with van der Waals surface area (Å²) in [6.45, 7) is 0. The number of aromatic nitrogens is 2. The molecule has 1 aliphatic carbocycles. The number of nitrogens with one attached hydrogen (secondary N) is 1. The van der Waals surface area contributed by atoms with Gasteiger partial charge in [-0.15, -0.1) is 0 Å². The van der Waals surface area contributed by atoms with Crippen molar-refractivity contribution in [1.82, 2.24) is 15.3 Å². The molecule has 0 atom stereocenters. The molecule has 0 saturated heterocycles. The van der Waals surface area contributed by atoms with Crippen molar-refractivity contribution in [1.29, 1.82) is 0 Å². The fourth-order valence-corrected chi connectivity index (χ4v) is 1.59. The fourth-order valence-electron chi connectivity index (χ4n) is 1.59. The van der Waals surface area contributed by atoms with Crippen molar-refractivity contribution in [3.63, 3.8) is 0 Å². The van der Waals surface area contributed by atoms with Crippen molar-refractivity contribution < 1.29 is 9.53 Å². The molecule has 0 radical (unpaired) electrons. The lowest BCUT2D eigenvalue weighted by atomic mass is 9.89. The third-order valence-electron chi connectivity index (χ3n) is 2.67. The van der Waals surface area contributed by atoms with Crippen LogP contribution in [0.25, 0.3) is 0 Å². The molecule has 3 N–H and O–H groups in total. The Balaban J connectivity index is 1.87. The third kappa shape index (κ3) is 2.27. The number of hydrogen-bond acceptors (Lipinski definition) is 5. The van der Waals surface area contributed by atoms with Crippen molar-refractivity contribution in [3.05, 3.63) is 18.1 Å². The van der Waals surface area contributed by atoms with Crippen LogP contribution in [0.15, 0.2) is 12.4 Å². The molecule has 1 heterocycles. The zero-order chi connectivity index (χ0) is 11.5. The monoisotopic (exact) mass is 222 g/mol. The van der Waals surface area contributed by atoms with Gasteiger partial charge in [0.1, 0.15) is 11.5 Å². The summed E-state index contributed by atoms with van der Waals surface area (Å²) in [6.07, 6.45) is 4.71. The second kappa shape index (κ2) is 4.44. The average Bonchev–Trinajstić information content (AvgIpc) is 2.23. The van der Waals surface area contributed by atoms with Crippen molar-refractivity contribution in [3.8, 4) is 0 Å². The molecule has 1 aliphatic rings. The predicted octanol–water partition coefficient (Wildman–Crippen LogP) is -0.0340. The third-order valence-corrected chi connectivity index (χ3v) is 2.67. The number of rotatable bonds is 3. The highest BCUT2D eigenvalue weighted by atomic mass is 16.5. The van der Waals surface area contributed by atoms with Crippen LogP contribution in [0, 0.1) is 0 Å². The molecule has 86 valence electrons. The van der Waals surface area contributed by atoms with E-state index >= 15 is 0 Å². The molecule has 16 heavy (non-hydrogen) atoms. The maximum absolute atomic E-state index is 11.7. The van der Waals surface area contributed by atoms with Gasteiger partial charge in [-0.25, -0.2) is 9.97 Å². The van der Waals surface area contributed by atoms with Crippen molar-refractivity contribution >= 4 is 11.7 Å². The molecular weight excluding hydrogens is 208 g/mol. The lowest BCUT2D eigenvalue weighted by Crippen LogP contribution is -2.47. The molecule has 1 aromatic heterocycles. The van der Waals surface area contributed by atoms with E-state index in [1.165, 1.54) is 12.4 Å². The second-order valence-electron chi connectivity index (χ2n) is 3.83. The Labute approximate surface area is 93.2 Å². The zero-order valence-electron chi connectivity index (χ0n) is 9.01. The molecule has 0 aliphatic heterocycles. The molecular formula is C10H14N4O2. The topological polar surface area (TPSA) is 90.1 Å². The Bertz CT molecular complexity index is 373. The average molecular weight is 222 g/mol. The van der Waals surface area contributed by atoms with Gasteiger partial charge in [0.25, 0.3) is 5.91 Å². The molecule has 6 heteroatoms. The van der Waals surface area contributed by atoms with Gasteiger partial charge in [0, 0.05) is 13.2 Å². The number of anilines is 1. The quantitative estimate of drug-likeness (QED) is 0.749. The van der Waals surface area contributed by atoms with E-state index in [4.69, 9.17) is 10.5 Å². The number of carbonyl (C=O) groups is 1. The van der Waals surface area contributed by atoms with Crippen LogP contribution >= 0.6 is 0 Å². The first-order valence-electron chi connectivity index (χ1n) is 5.10. The predicted molar refractivity (Wildman–Crippen MR) is 57.7 cm³/mol. The van der Waals surface area contributed by atoms with Crippen LogP contribution in [0.1, 0.15) is 23.3 Å². The van der Waals surface area contributed by atoms with Crippen molar-refractivity contribution in [2.45, 2.75) is 25.0 Å². The van der Waals surface area contributed by atoms with Crippen LogP contribution in [0.5, 0.6) is 0 Å². The molecule has 0 unspecified atom stereocenters. The summed E-state index contributed by atoms with van der Waals surface area (Å²) in [5.41, 5.74) is 5.67. The highest BCUT2D eigenvalue weighted by Crippen LogP contribution is 2.22. The number of nitrogen functional groups attached to an aromatic ring is 1. The molecule has 2 rings (SSSR count). The van der Waals surface area contributed by atoms with E-state index in [1.54, 1.807) is 7.11 Å². The van der Waals surface area contributed by atoms with Gasteiger partial charge in [-0.3, -0.25) is 4.79 Å². The Kier molecular flexibility index (Phi) is 3.00. The molecule has 6 nitrogen and oxygen atoms in total. The normalized spacial score (nSPS) is 23.6. The standard InChI is InChI=1S/C10H14N4O2/c1-16-7-2-6(3-7)14-10(15)8-4-13-9(11)5-12-8/h4-7H,2-3H2,1H3,(H2,11,13)(H,14,15). The summed E-state index contributed by atoms with van der Waals surface area (Å²) in [4.78, 5) is 19.4. The fraction of sp³-hybridized carbons (Fsp3) is 0.500. The van der Waals surface area contributed by atoms with Crippen molar-refractivity contribution in [2.24, 2.45) is 0 Å². The number of methoxy groups -OCH3 is 1. The number of nitrogens with two attached hydrogens (primary N) is 1. The number of ether oxygens (including phenoxy) is 1. The zero-order valence-corrected chi connectivity index (χ0v) is 9.01. The van der Waals surface area contributed by atoms with Gasteiger partial charge in [0.05, 0.1) is 18.5 Å². The summed E-state index contributed by atoms with van der Waals surface area (Å²) in [7, 11) is 1.67. The summed E-state index contributed by atoms with van der Waals surface area (Å²) >= 11 is 0. The maximum Gasteiger partial charge on any atom is 0.271 e. The number of carbonyl (C=O) groups excluding carboxylic acids is 1. The van der Waals surface area contributed by atoms with Crippen LogP contribution in [0.2, 0.25) is 0 Å². The molecule has 0 spiro atoms. The molecule has 1 aromatic rings. The summed E-state index contributed by atoms with van der Waals surface area (Å²) in [5, 5.41) is 2.85. The highest BCUT2D eigenvalue weighted by Gasteiger charge is 2.30. The van der Waals surface area contributed by atoms with E-state index in [-0.39, 0.29) is 23.7 Å². The van der Waals surface area contributed by atoms with Gasteiger partial charge < -0.3 is 15.8 Å². The molecule has 1 saturated carbocycles. The van der Waals surface area contributed by atoms with Crippen LogP contribution in [0.3, 0.4) is 0 Å². The first kappa shape index (κ1) is 10.8. The minimum atomic E-state index is -0.216. The number of nitrogens with zero attached hydrogens (tertiary/aromatic N) is 2. The van der Waals surface area contributed by atoms with Gasteiger partial charge in [0.15, 0.2) is 0 Å². The van der Waals surface area contributed by atoms with E-state index in [0.29, 0.717) is 5.82 Å². The Morgan fingerprint density at radius 2 is 2.25 bits per heavy atom. The largest absolute Gasteiger partial charge is 0.382 e. The van der Waals surface area contributed by atoms with Crippen molar-refractivity contribution in [2.75, 3.05) is 12.8 Å².